The Kier molecular flexibility index (Phi) is 3.51. The molecule has 6 heteroatoms. The number of nitrogens with zero attached hydrogens (tertiary/aromatic N) is 1. The van der Waals surface area contributed by atoms with Gasteiger partial charge in [-0.1, -0.05) is 0 Å². The number of hydrogen-bond donors (Lipinski definition) is 0. The summed E-state index contributed by atoms with van der Waals surface area (Å²) in [5, 5.41) is 0. The molecule has 0 amide bonds. The lowest BCUT2D eigenvalue weighted by atomic mass is 10.1. The van der Waals surface area contributed by atoms with E-state index in [-0.39, 0.29) is 24.3 Å². The van der Waals surface area contributed by atoms with E-state index in [0.717, 1.165) is 6.42 Å². The molecule has 0 aromatic heterocycles. The molecule has 0 aromatic carbocycles. The molecule has 2 aliphatic rings. The van der Waals surface area contributed by atoms with E-state index in [9.17, 15) is 12.8 Å². The fourth-order valence-corrected chi connectivity index (χ4v) is 4.21. The van der Waals surface area contributed by atoms with Crippen molar-refractivity contribution in [3.8, 4) is 0 Å². The molecule has 1 heterocycles. The molecule has 4 nitrogen and oxygen atoms in total. The van der Waals surface area contributed by atoms with Crippen molar-refractivity contribution in [1.29, 1.82) is 0 Å². The molecule has 1 saturated carbocycles. The second kappa shape index (κ2) is 4.58. The number of alkyl halides is 1. The molecular formula is C10H18FNO3S. The van der Waals surface area contributed by atoms with Gasteiger partial charge in [0.1, 0.15) is 0 Å². The van der Waals surface area contributed by atoms with Gasteiger partial charge in [-0.05, 0) is 18.3 Å². The van der Waals surface area contributed by atoms with E-state index in [0.29, 0.717) is 25.6 Å². The maximum atomic E-state index is 12.2. The van der Waals surface area contributed by atoms with Crippen LogP contribution >= 0.6 is 0 Å². The molecular weight excluding hydrogens is 233 g/mol. The van der Waals surface area contributed by atoms with E-state index in [1.54, 1.807) is 7.11 Å². The highest BCUT2D eigenvalue weighted by molar-refractivity contribution is 7.89. The molecule has 16 heavy (non-hydrogen) atoms. The summed E-state index contributed by atoms with van der Waals surface area (Å²) in [5.41, 5.74) is 0. The zero-order chi connectivity index (χ0) is 11.8. The topological polar surface area (TPSA) is 46.6 Å². The molecule has 1 saturated heterocycles. The molecule has 1 aliphatic heterocycles. The van der Waals surface area contributed by atoms with Crippen LogP contribution in [0.3, 0.4) is 0 Å². The molecule has 0 spiro atoms. The van der Waals surface area contributed by atoms with Crippen LogP contribution in [0.5, 0.6) is 0 Å². The van der Waals surface area contributed by atoms with Crippen molar-refractivity contribution in [2.75, 3.05) is 39.2 Å². The van der Waals surface area contributed by atoms with Gasteiger partial charge in [-0.3, -0.25) is 4.39 Å². The molecule has 0 aromatic rings. The van der Waals surface area contributed by atoms with Crippen molar-refractivity contribution in [1.82, 2.24) is 4.31 Å². The van der Waals surface area contributed by atoms with Crippen molar-refractivity contribution in [3.63, 3.8) is 0 Å². The summed E-state index contributed by atoms with van der Waals surface area (Å²) >= 11 is 0. The zero-order valence-corrected chi connectivity index (χ0v) is 10.2. The molecule has 2 atom stereocenters. The fraction of sp³-hybridized carbons (Fsp3) is 1.00. The lowest BCUT2D eigenvalue weighted by Gasteiger charge is -2.37. The molecule has 2 rings (SSSR count). The summed E-state index contributed by atoms with van der Waals surface area (Å²) in [4.78, 5) is 0. The number of halogens is 1. The Balaban J connectivity index is 1.77. The van der Waals surface area contributed by atoms with Crippen LogP contribution in [0.15, 0.2) is 0 Å². The Labute approximate surface area is 95.8 Å². The maximum absolute atomic E-state index is 12.2. The maximum Gasteiger partial charge on any atom is 0.214 e. The van der Waals surface area contributed by atoms with Crippen molar-refractivity contribution in [2.24, 2.45) is 17.8 Å². The van der Waals surface area contributed by atoms with Gasteiger partial charge in [0.05, 0.1) is 19.0 Å². The summed E-state index contributed by atoms with van der Waals surface area (Å²) in [6, 6.07) is 0. The van der Waals surface area contributed by atoms with Crippen LogP contribution in [0.1, 0.15) is 6.42 Å². The minimum Gasteiger partial charge on any atom is -0.384 e. The Hall–Kier alpha value is -0.200. The monoisotopic (exact) mass is 251 g/mol. The van der Waals surface area contributed by atoms with Gasteiger partial charge >= 0.3 is 0 Å². The molecule has 2 fully saturated rings. The molecule has 94 valence electrons. The fourth-order valence-electron chi connectivity index (χ4n) is 2.17. The second-order valence-corrected chi connectivity index (χ2v) is 6.84. The van der Waals surface area contributed by atoms with Gasteiger partial charge in [0.15, 0.2) is 0 Å². The van der Waals surface area contributed by atoms with Crippen molar-refractivity contribution >= 4 is 10.0 Å². The Morgan fingerprint density at radius 2 is 2.06 bits per heavy atom. The highest BCUT2D eigenvalue weighted by Gasteiger charge is 2.44. The SMILES string of the molecule is COCC1CN(S(=O)(=O)C[C@@H]2C[C@H]2CF)C1. The minimum atomic E-state index is -3.14. The third-order valence-corrected chi connectivity index (χ3v) is 5.35. The number of ether oxygens (including phenoxy) is 1. The lowest BCUT2D eigenvalue weighted by molar-refractivity contribution is 0.0821. The summed E-state index contributed by atoms with van der Waals surface area (Å²) in [7, 11) is -1.53. The third kappa shape index (κ3) is 2.55. The lowest BCUT2D eigenvalue weighted by Crippen LogP contribution is -2.52. The predicted octanol–water partition coefficient (Wildman–Crippen LogP) is 0.500. The summed E-state index contributed by atoms with van der Waals surface area (Å²) in [6.07, 6.45) is 0.727. The van der Waals surface area contributed by atoms with Gasteiger partial charge in [-0.2, -0.15) is 0 Å². The first kappa shape index (κ1) is 12.3. The van der Waals surface area contributed by atoms with E-state index in [4.69, 9.17) is 4.74 Å². The van der Waals surface area contributed by atoms with Crippen molar-refractivity contribution in [3.05, 3.63) is 0 Å². The number of methoxy groups -OCH3 is 1. The largest absolute Gasteiger partial charge is 0.384 e. The van der Waals surface area contributed by atoms with Crippen molar-refractivity contribution < 1.29 is 17.5 Å². The normalized spacial score (nSPS) is 31.4. The van der Waals surface area contributed by atoms with Crippen LogP contribution in [-0.2, 0) is 14.8 Å². The molecule has 0 N–H and O–H groups in total. The van der Waals surface area contributed by atoms with Crippen LogP contribution in [0, 0.1) is 17.8 Å². The number of hydrogen-bond acceptors (Lipinski definition) is 3. The van der Waals surface area contributed by atoms with Crippen LogP contribution < -0.4 is 0 Å². The van der Waals surface area contributed by atoms with E-state index in [2.05, 4.69) is 0 Å². The van der Waals surface area contributed by atoms with Crippen LogP contribution in [0.4, 0.5) is 4.39 Å². The van der Waals surface area contributed by atoms with Crippen molar-refractivity contribution in [2.45, 2.75) is 6.42 Å². The van der Waals surface area contributed by atoms with Crippen LogP contribution in [0.25, 0.3) is 0 Å². The quantitative estimate of drug-likeness (QED) is 0.690. The van der Waals surface area contributed by atoms with E-state index >= 15 is 0 Å². The van der Waals surface area contributed by atoms with Crippen LogP contribution in [0.2, 0.25) is 0 Å². The molecule has 1 aliphatic carbocycles. The first-order valence-electron chi connectivity index (χ1n) is 5.59. The first-order valence-corrected chi connectivity index (χ1v) is 7.20. The Bertz CT molecular complexity index is 340. The number of sulfonamides is 1. The standard InChI is InChI=1S/C10H18FNO3S/c1-15-6-8-4-12(5-8)16(13,14)7-10-2-9(10)3-11/h8-10H,2-7H2,1H3/t9-,10-/m0/s1. The Morgan fingerprint density at radius 1 is 1.38 bits per heavy atom. The molecule has 0 bridgehead atoms. The average molecular weight is 251 g/mol. The van der Waals surface area contributed by atoms with E-state index in [1.165, 1.54) is 4.31 Å². The minimum absolute atomic E-state index is 0.00850. The third-order valence-electron chi connectivity index (χ3n) is 3.41. The second-order valence-electron chi connectivity index (χ2n) is 4.83. The van der Waals surface area contributed by atoms with Gasteiger partial charge in [0, 0.05) is 26.1 Å². The first-order chi connectivity index (χ1) is 7.56. The van der Waals surface area contributed by atoms with Gasteiger partial charge in [0.2, 0.25) is 10.0 Å². The summed E-state index contributed by atoms with van der Waals surface area (Å²) < 4.78 is 42.4. The molecule has 0 unspecified atom stereocenters. The molecule has 0 radical (unpaired) electrons. The highest BCUT2D eigenvalue weighted by Crippen LogP contribution is 2.40. The highest BCUT2D eigenvalue weighted by atomic mass is 32.2. The van der Waals surface area contributed by atoms with Crippen LogP contribution in [-0.4, -0.2) is 52.0 Å². The van der Waals surface area contributed by atoms with Gasteiger partial charge < -0.3 is 4.74 Å². The number of rotatable bonds is 6. The van der Waals surface area contributed by atoms with E-state index < -0.39 is 10.0 Å². The predicted molar refractivity (Wildman–Crippen MR) is 58.3 cm³/mol. The summed E-state index contributed by atoms with van der Waals surface area (Å²) in [5.74, 6) is 0.500. The van der Waals surface area contributed by atoms with Gasteiger partial charge in [0.25, 0.3) is 0 Å². The van der Waals surface area contributed by atoms with Gasteiger partial charge in [-0.15, -0.1) is 0 Å². The average Bonchev–Trinajstić information content (AvgIpc) is 2.88. The summed E-state index contributed by atoms with van der Waals surface area (Å²) in [6.45, 7) is 1.35. The zero-order valence-electron chi connectivity index (χ0n) is 9.43. The van der Waals surface area contributed by atoms with Gasteiger partial charge in [-0.25, -0.2) is 12.7 Å². The smallest absolute Gasteiger partial charge is 0.214 e. The Morgan fingerprint density at radius 3 is 2.56 bits per heavy atom. The van der Waals surface area contributed by atoms with E-state index in [1.807, 2.05) is 0 Å².